The second-order valence-corrected chi connectivity index (χ2v) is 4.28. The van der Waals surface area contributed by atoms with Gasteiger partial charge in [-0.1, -0.05) is 49.4 Å². The molecule has 0 aliphatic heterocycles. The fraction of sp³-hybridized carbons (Fsp3) is 0.467. The highest BCUT2D eigenvalue weighted by atomic mass is 16.5. The van der Waals surface area contributed by atoms with Crippen LogP contribution in [0.4, 0.5) is 0 Å². The Labute approximate surface area is 105 Å². The third-order valence-electron chi connectivity index (χ3n) is 2.71. The van der Waals surface area contributed by atoms with E-state index in [2.05, 4.69) is 37.9 Å². The third-order valence-corrected chi connectivity index (χ3v) is 2.71. The molecule has 2 nitrogen and oxygen atoms in total. The second kappa shape index (κ2) is 8.04. The Bertz CT molecular complexity index is 321. The van der Waals surface area contributed by atoms with Gasteiger partial charge in [0.1, 0.15) is 0 Å². The lowest BCUT2D eigenvalue weighted by atomic mass is 10.1. The molecular weight excluding hydrogens is 210 g/mol. The van der Waals surface area contributed by atoms with Crippen molar-refractivity contribution in [2.75, 3.05) is 13.2 Å². The van der Waals surface area contributed by atoms with Gasteiger partial charge >= 0.3 is 0 Å². The average Bonchev–Trinajstić information content (AvgIpc) is 2.34. The van der Waals surface area contributed by atoms with Crippen molar-refractivity contribution in [3.8, 4) is 0 Å². The van der Waals surface area contributed by atoms with Gasteiger partial charge in [0.2, 0.25) is 0 Å². The van der Waals surface area contributed by atoms with Crippen LogP contribution in [0.3, 0.4) is 0 Å². The quantitative estimate of drug-likeness (QED) is 0.550. The van der Waals surface area contributed by atoms with E-state index in [1.165, 1.54) is 11.1 Å². The fourth-order valence-corrected chi connectivity index (χ4v) is 1.73. The van der Waals surface area contributed by atoms with Gasteiger partial charge in [-0.15, -0.1) is 0 Å². The van der Waals surface area contributed by atoms with Crippen LogP contribution < -0.4 is 5.32 Å². The van der Waals surface area contributed by atoms with Crippen molar-refractivity contribution in [2.24, 2.45) is 0 Å². The first-order valence-corrected chi connectivity index (χ1v) is 6.24. The van der Waals surface area contributed by atoms with Crippen molar-refractivity contribution in [3.05, 3.63) is 48.0 Å². The molecule has 2 heteroatoms. The van der Waals surface area contributed by atoms with Crippen LogP contribution in [0.2, 0.25) is 0 Å². The largest absolute Gasteiger partial charge is 0.377 e. The number of hydrogen-bond donors (Lipinski definition) is 1. The lowest BCUT2D eigenvalue weighted by Gasteiger charge is -2.17. The van der Waals surface area contributed by atoms with Gasteiger partial charge in [0.05, 0.1) is 6.61 Å². The summed E-state index contributed by atoms with van der Waals surface area (Å²) in [5.74, 6) is 0. The molecule has 1 aromatic carbocycles. The molecule has 0 fully saturated rings. The van der Waals surface area contributed by atoms with Gasteiger partial charge in [0, 0.05) is 12.6 Å². The van der Waals surface area contributed by atoms with Gasteiger partial charge in [-0.05, 0) is 25.5 Å². The highest BCUT2D eigenvalue weighted by molar-refractivity contribution is 5.13. The smallest absolute Gasteiger partial charge is 0.0716 e. The average molecular weight is 233 g/mol. The molecule has 1 unspecified atom stereocenters. The molecule has 0 radical (unpaired) electrons. The molecule has 0 heterocycles. The summed E-state index contributed by atoms with van der Waals surface area (Å²) in [4.78, 5) is 0. The molecule has 0 saturated heterocycles. The maximum atomic E-state index is 5.67. The molecule has 1 N–H and O–H groups in total. The predicted molar refractivity (Wildman–Crippen MR) is 73.0 cm³/mol. The van der Waals surface area contributed by atoms with Crippen LogP contribution >= 0.6 is 0 Å². The Morgan fingerprint density at radius 2 is 2.06 bits per heavy atom. The van der Waals surface area contributed by atoms with Crippen LogP contribution in [-0.4, -0.2) is 19.2 Å². The molecule has 0 amide bonds. The van der Waals surface area contributed by atoms with Gasteiger partial charge in [-0.25, -0.2) is 0 Å². The van der Waals surface area contributed by atoms with E-state index in [4.69, 9.17) is 4.74 Å². The standard InChI is InChI=1S/C15H23NO/c1-4-16-15(13(2)3)10-11-17-12-14-8-6-5-7-9-14/h5-9,15-16H,2,4,10-12H2,1,3H3. The number of ether oxygens (including phenoxy) is 1. The maximum absolute atomic E-state index is 5.67. The van der Waals surface area contributed by atoms with E-state index in [0.29, 0.717) is 12.6 Å². The molecule has 0 saturated carbocycles. The van der Waals surface area contributed by atoms with Crippen LogP contribution in [-0.2, 0) is 11.3 Å². The Kier molecular flexibility index (Phi) is 6.60. The van der Waals surface area contributed by atoms with Crippen molar-refractivity contribution >= 4 is 0 Å². The third kappa shape index (κ3) is 5.66. The molecule has 0 aliphatic carbocycles. The molecule has 0 spiro atoms. The molecule has 0 aromatic heterocycles. The van der Waals surface area contributed by atoms with Crippen molar-refractivity contribution in [3.63, 3.8) is 0 Å². The lowest BCUT2D eigenvalue weighted by Crippen LogP contribution is -2.30. The summed E-state index contributed by atoms with van der Waals surface area (Å²) in [5, 5.41) is 3.40. The maximum Gasteiger partial charge on any atom is 0.0716 e. The summed E-state index contributed by atoms with van der Waals surface area (Å²) in [6.45, 7) is 10.6. The topological polar surface area (TPSA) is 21.3 Å². The highest BCUT2D eigenvalue weighted by Crippen LogP contribution is 2.05. The minimum Gasteiger partial charge on any atom is -0.377 e. The molecule has 0 aliphatic rings. The summed E-state index contributed by atoms with van der Waals surface area (Å²) in [6.07, 6.45) is 0.982. The molecule has 0 bridgehead atoms. The van der Waals surface area contributed by atoms with E-state index in [-0.39, 0.29) is 0 Å². The van der Waals surface area contributed by atoms with Crippen LogP contribution in [0.15, 0.2) is 42.5 Å². The normalized spacial score (nSPS) is 12.4. The van der Waals surface area contributed by atoms with Gasteiger partial charge < -0.3 is 10.1 Å². The van der Waals surface area contributed by atoms with E-state index >= 15 is 0 Å². The monoisotopic (exact) mass is 233 g/mol. The Morgan fingerprint density at radius 1 is 1.35 bits per heavy atom. The van der Waals surface area contributed by atoms with Crippen LogP contribution in [0.1, 0.15) is 25.8 Å². The highest BCUT2D eigenvalue weighted by Gasteiger charge is 2.06. The lowest BCUT2D eigenvalue weighted by molar-refractivity contribution is 0.114. The summed E-state index contributed by atoms with van der Waals surface area (Å²) < 4.78 is 5.67. The van der Waals surface area contributed by atoms with E-state index in [1.54, 1.807) is 0 Å². The molecular formula is C15H23NO. The van der Waals surface area contributed by atoms with E-state index in [1.807, 2.05) is 18.2 Å². The predicted octanol–water partition coefficient (Wildman–Crippen LogP) is 3.15. The Morgan fingerprint density at radius 3 is 2.65 bits per heavy atom. The van der Waals surface area contributed by atoms with Gasteiger partial charge in [-0.2, -0.15) is 0 Å². The molecule has 17 heavy (non-hydrogen) atoms. The molecule has 1 rings (SSSR count). The van der Waals surface area contributed by atoms with Crippen LogP contribution in [0, 0.1) is 0 Å². The minimum atomic E-state index is 0.371. The minimum absolute atomic E-state index is 0.371. The second-order valence-electron chi connectivity index (χ2n) is 4.28. The van der Waals surface area contributed by atoms with E-state index < -0.39 is 0 Å². The SMILES string of the molecule is C=C(C)C(CCOCc1ccccc1)NCC. The van der Waals surface area contributed by atoms with E-state index in [9.17, 15) is 0 Å². The Hall–Kier alpha value is -1.12. The molecule has 1 atom stereocenters. The number of likely N-dealkylation sites (N-methyl/N-ethyl adjacent to an activating group) is 1. The zero-order valence-electron chi connectivity index (χ0n) is 10.9. The van der Waals surface area contributed by atoms with Crippen molar-refractivity contribution in [1.29, 1.82) is 0 Å². The summed E-state index contributed by atoms with van der Waals surface area (Å²) in [7, 11) is 0. The first kappa shape index (κ1) is 13.9. The Balaban J connectivity index is 2.20. The molecule has 1 aromatic rings. The zero-order valence-corrected chi connectivity index (χ0v) is 10.9. The number of hydrogen-bond acceptors (Lipinski definition) is 2. The van der Waals surface area contributed by atoms with Crippen molar-refractivity contribution < 1.29 is 4.74 Å². The number of benzene rings is 1. The van der Waals surface area contributed by atoms with Crippen LogP contribution in [0.5, 0.6) is 0 Å². The first-order chi connectivity index (χ1) is 8.24. The zero-order chi connectivity index (χ0) is 12.5. The van der Waals surface area contributed by atoms with Crippen molar-refractivity contribution in [1.82, 2.24) is 5.32 Å². The molecule has 94 valence electrons. The van der Waals surface area contributed by atoms with E-state index in [0.717, 1.165) is 19.6 Å². The summed E-state index contributed by atoms with van der Waals surface area (Å²) in [5.41, 5.74) is 2.40. The number of rotatable bonds is 8. The number of nitrogens with one attached hydrogen (secondary N) is 1. The van der Waals surface area contributed by atoms with Gasteiger partial charge in [0.15, 0.2) is 0 Å². The fourth-order valence-electron chi connectivity index (χ4n) is 1.73. The van der Waals surface area contributed by atoms with Gasteiger partial charge in [-0.3, -0.25) is 0 Å². The summed E-state index contributed by atoms with van der Waals surface area (Å²) in [6, 6.07) is 10.6. The summed E-state index contributed by atoms with van der Waals surface area (Å²) >= 11 is 0. The van der Waals surface area contributed by atoms with Gasteiger partial charge in [0.25, 0.3) is 0 Å². The first-order valence-electron chi connectivity index (χ1n) is 6.24. The van der Waals surface area contributed by atoms with Crippen molar-refractivity contribution in [2.45, 2.75) is 32.9 Å². The van der Waals surface area contributed by atoms with Crippen LogP contribution in [0.25, 0.3) is 0 Å².